The molecule has 7 heteroatoms. The van der Waals surface area contributed by atoms with Crippen LogP contribution in [-0.2, 0) is 10.8 Å². The van der Waals surface area contributed by atoms with Crippen LogP contribution in [0.2, 0.25) is 0 Å². The lowest BCUT2D eigenvalue weighted by Crippen LogP contribution is -2.25. The van der Waals surface area contributed by atoms with Crippen LogP contribution in [0, 0.1) is 11.3 Å². The average molecular weight is 322 g/mol. The monoisotopic (exact) mass is 322 g/mol. The summed E-state index contributed by atoms with van der Waals surface area (Å²) in [6, 6.07) is 1.72. The first kappa shape index (κ1) is 16.6. The summed E-state index contributed by atoms with van der Waals surface area (Å²) in [6.45, 7) is 6.88. The van der Waals surface area contributed by atoms with Gasteiger partial charge in [-0.2, -0.15) is 5.26 Å². The highest BCUT2D eigenvalue weighted by Gasteiger charge is 2.38. The third-order valence-electron chi connectivity index (χ3n) is 3.62. The van der Waals surface area contributed by atoms with Crippen molar-refractivity contribution in [3.63, 3.8) is 0 Å². The van der Waals surface area contributed by atoms with Gasteiger partial charge in [-0.15, -0.1) is 5.10 Å². The Bertz CT molecular complexity index is 699. The lowest BCUT2D eigenvalue weighted by atomic mass is 10.0. The Balaban J connectivity index is 2.44. The Labute approximate surface area is 132 Å². The molecular weight excluding hydrogens is 303 g/mol. The summed E-state index contributed by atoms with van der Waals surface area (Å²) in [6.07, 6.45) is 4.73. The second kappa shape index (κ2) is 6.13. The van der Waals surface area contributed by atoms with Gasteiger partial charge in [-0.1, -0.05) is 18.2 Å². The molecule has 0 aliphatic carbocycles. The largest absolute Gasteiger partial charge is 0.249 e. The summed E-state index contributed by atoms with van der Waals surface area (Å²) in [5.74, 6) is 0.186. The van der Waals surface area contributed by atoms with Crippen molar-refractivity contribution in [3.8, 4) is 6.07 Å². The van der Waals surface area contributed by atoms with Crippen LogP contribution < -0.4 is 0 Å². The van der Waals surface area contributed by atoms with Gasteiger partial charge < -0.3 is 0 Å². The van der Waals surface area contributed by atoms with Crippen LogP contribution >= 0.6 is 0 Å². The number of nitrogens with zero attached hydrogens (tertiary/aromatic N) is 4. The first-order valence-corrected chi connectivity index (χ1v) is 8.23. The van der Waals surface area contributed by atoms with E-state index in [1.165, 1.54) is 4.68 Å². The van der Waals surface area contributed by atoms with Crippen molar-refractivity contribution in [1.29, 1.82) is 5.26 Å². The summed E-state index contributed by atoms with van der Waals surface area (Å²) in [7, 11) is -1.71. The number of aromatic nitrogens is 3. The molecule has 5 nitrogen and oxygen atoms in total. The van der Waals surface area contributed by atoms with E-state index in [4.69, 9.17) is 5.26 Å². The minimum atomic E-state index is -1.71. The molecule has 2 heterocycles. The number of rotatable bonds is 4. The maximum Gasteiger partial charge on any atom is 0.240 e. The van der Waals surface area contributed by atoms with E-state index >= 15 is 0 Å². The molecule has 0 saturated heterocycles. The molecule has 0 radical (unpaired) electrons. The Morgan fingerprint density at radius 2 is 2.23 bits per heavy atom. The molecule has 0 aromatic carbocycles. The minimum absolute atomic E-state index is 0.0184. The highest BCUT2D eigenvalue weighted by atomic mass is 32.2. The van der Waals surface area contributed by atoms with Crippen molar-refractivity contribution < 1.29 is 8.60 Å². The summed E-state index contributed by atoms with van der Waals surface area (Å²) in [4.78, 5) is 4.09. The quantitative estimate of drug-likeness (QED) is 0.798. The predicted octanol–water partition coefficient (Wildman–Crippen LogP) is 3.17. The lowest BCUT2D eigenvalue weighted by molar-refractivity contribution is 0.326. The summed E-state index contributed by atoms with van der Waals surface area (Å²) in [5.41, 5.74) is 0.936. The van der Waals surface area contributed by atoms with Gasteiger partial charge in [0.25, 0.3) is 0 Å². The predicted molar refractivity (Wildman–Crippen MR) is 82.2 cm³/mol. The topological polar surface area (TPSA) is 71.6 Å². The fourth-order valence-electron chi connectivity index (χ4n) is 2.38. The molecule has 0 amide bonds. The molecule has 118 valence electrons. The van der Waals surface area contributed by atoms with Gasteiger partial charge in [0.15, 0.2) is 12.0 Å². The number of hydrogen-bond acceptors (Lipinski definition) is 4. The molecule has 0 fully saturated rings. The summed E-state index contributed by atoms with van der Waals surface area (Å²) in [5, 5.41) is 13.3. The Kier molecular flexibility index (Phi) is 4.61. The zero-order chi connectivity index (χ0) is 16.5. The molecule has 22 heavy (non-hydrogen) atoms. The van der Waals surface area contributed by atoms with Crippen LogP contribution in [0.4, 0.5) is 4.39 Å². The molecule has 0 bridgehead atoms. The molecule has 1 aliphatic rings. The van der Waals surface area contributed by atoms with Crippen LogP contribution in [-0.4, -0.2) is 23.7 Å². The maximum atomic E-state index is 14.2. The van der Waals surface area contributed by atoms with Gasteiger partial charge in [0.2, 0.25) is 5.16 Å². The Hall–Kier alpha value is -1.81. The summed E-state index contributed by atoms with van der Waals surface area (Å²) < 4.78 is 27.0. The highest BCUT2D eigenvalue weighted by Crippen LogP contribution is 2.40. The number of nitriles is 1. The lowest BCUT2D eigenvalue weighted by Gasteiger charge is -2.14. The van der Waals surface area contributed by atoms with Gasteiger partial charge in [0.05, 0.1) is 12.1 Å². The van der Waals surface area contributed by atoms with Gasteiger partial charge >= 0.3 is 0 Å². The Morgan fingerprint density at radius 3 is 2.77 bits per heavy atom. The molecule has 1 unspecified atom stereocenters. The van der Waals surface area contributed by atoms with E-state index in [-0.39, 0.29) is 23.4 Å². The van der Waals surface area contributed by atoms with Crippen molar-refractivity contribution in [2.45, 2.75) is 56.2 Å². The van der Waals surface area contributed by atoms with E-state index in [1.54, 1.807) is 13.8 Å². The zero-order valence-corrected chi connectivity index (χ0v) is 13.9. The van der Waals surface area contributed by atoms with E-state index in [0.717, 1.165) is 5.57 Å². The van der Waals surface area contributed by atoms with Crippen molar-refractivity contribution in [2.75, 3.05) is 0 Å². The standard InChI is InChI=1S/C15H19FN4OS/c1-5-7-10(6-2)12-8-11(16)13-18-14(19-20(12)13)22(21)15(3,4)9-17/h5-7,11-12H,8H2,1-4H3/b7-5-,10-6+/t11-,12-,22?/m0/s1. The number of alkyl halides is 1. The summed E-state index contributed by atoms with van der Waals surface area (Å²) >= 11 is 0. The van der Waals surface area contributed by atoms with Crippen LogP contribution in [0.5, 0.6) is 0 Å². The van der Waals surface area contributed by atoms with Crippen molar-refractivity contribution in [3.05, 3.63) is 29.6 Å². The molecule has 1 aromatic heterocycles. The fraction of sp³-hybridized carbons (Fsp3) is 0.533. The van der Waals surface area contributed by atoms with Crippen LogP contribution in [0.15, 0.2) is 29.0 Å². The average Bonchev–Trinajstić information content (AvgIpc) is 3.05. The number of allylic oxidation sites excluding steroid dienone is 4. The second-order valence-corrected chi connectivity index (χ2v) is 7.52. The van der Waals surface area contributed by atoms with Crippen molar-refractivity contribution in [2.24, 2.45) is 0 Å². The van der Waals surface area contributed by atoms with Gasteiger partial charge in [-0.25, -0.2) is 18.3 Å². The minimum Gasteiger partial charge on any atom is -0.249 e. The van der Waals surface area contributed by atoms with Crippen LogP contribution in [0.3, 0.4) is 0 Å². The van der Waals surface area contributed by atoms with Crippen LogP contribution in [0.1, 0.15) is 52.2 Å². The van der Waals surface area contributed by atoms with Gasteiger partial charge in [0.1, 0.15) is 15.5 Å². The van der Waals surface area contributed by atoms with Gasteiger partial charge in [0, 0.05) is 6.42 Å². The number of hydrogen-bond donors (Lipinski definition) is 0. The first-order valence-electron chi connectivity index (χ1n) is 7.08. The van der Waals surface area contributed by atoms with Crippen molar-refractivity contribution >= 4 is 10.8 Å². The van der Waals surface area contributed by atoms with E-state index < -0.39 is 21.7 Å². The van der Waals surface area contributed by atoms with Crippen LogP contribution in [0.25, 0.3) is 0 Å². The molecule has 1 aromatic rings. The molecule has 3 atom stereocenters. The molecular formula is C15H19FN4OS. The molecule has 0 N–H and O–H groups in total. The van der Waals surface area contributed by atoms with E-state index in [9.17, 15) is 8.60 Å². The highest BCUT2D eigenvalue weighted by molar-refractivity contribution is 7.86. The van der Waals surface area contributed by atoms with E-state index in [1.807, 2.05) is 38.1 Å². The van der Waals surface area contributed by atoms with Gasteiger partial charge in [-0.3, -0.25) is 0 Å². The normalized spacial score (nSPS) is 23.5. The zero-order valence-electron chi connectivity index (χ0n) is 13.1. The Morgan fingerprint density at radius 1 is 1.55 bits per heavy atom. The molecule has 1 aliphatic heterocycles. The third-order valence-corrected chi connectivity index (χ3v) is 5.14. The van der Waals surface area contributed by atoms with E-state index in [0.29, 0.717) is 0 Å². The smallest absolute Gasteiger partial charge is 0.240 e. The fourth-order valence-corrected chi connectivity index (χ4v) is 3.25. The molecule has 0 saturated carbocycles. The first-order chi connectivity index (χ1) is 10.4. The number of halogens is 1. The third kappa shape index (κ3) is 2.75. The molecule has 0 spiro atoms. The van der Waals surface area contributed by atoms with Gasteiger partial charge in [-0.05, 0) is 33.3 Å². The number of fused-ring (bicyclic) bond motifs is 1. The molecule has 2 rings (SSSR count). The van der Waals surface area contributed by atoms with E-state index in [2.05, 4.69) is 10.1 Å². The maximum absolute atomic E-state index is 14.2. The van der Waals surface area contributed by atoms with Crippen molar-refractivity contribution in [1.82, 2.24) is 14.8 Å². The SMILES string of the molecule is C/C=C\C(=C/C)[C@@H]1C[C@H](F)c2nc(S(=O)C(C)(C)C#N)nn21. The second-order valence-electron chi connectivity index (χ2n) is 5.60.